The number of amides is 1. The van der Waals surface area contributed by atoms with Crippen LogP contribution in [0.4, 0.5) is 18.9 Å². The Morgan fingerprint density at radius 2 is 1.62 bits per heavy atom. The van der Waals surface area contributed by atoms with E-state index in [4.69, 9.17) is 9.16 Å². The third-order valence-electron chi connectivity index (χ3n) is 6.36. The first-order chi connectivity index (χ1) is 16.9. The van der Waals surface area contributed by atoms with E-state index in [1.165, 1.54) is 7.11 Å². The number of nitro groups is 1. The molecule has 0 aliphatic carbocycles. The van der Waals surface area contributed by atoms with Crippen molar-refractivity contribution in [2.45, 2.75) is 70.1 Å². The first kappa shape index (κ1) is 30.4. The highest BCUT2D eigenvalue weighted by Gasteiger charge is 2.50. The number of hydrogen-bond donors (Lipinski definition) is 0. The second kappa shape index (κ2) is 10.9. The number of methoxy groups -OCH3 is 1. The fourth-order valence-corrected chi connectivity index (χ4v) is 10.5. The zero-order chi connectivity index (χ0) is 28.5. The van der Waals surface area contributed by atoms with Gasteiger partial charge in [-0.25, -0.2) is 0 Å². The molecule has 0 radical (unpaired) electrons. The highest BCUT2D eigenvalue weighted by atomic mass is 32.2. The molecule has 15 heteroatoms. The highest BCUT2D eigenvalue weighted by molar-refractivity contribution is 7.87. The van der Waals surface area contributed by atoms with E-state index in [0.717, 1.165) is 23.2 Å². The molecule has 0 atom stereocenters. The highest BCUT2D eigenvalue weighted by Crippen LogP contribution is 2.46. The Labute approximate surface area is 214 Å². The van der Waals surface area contributed by atoms with Crippen molar-refractivity contribution < 1.29 is 44.7 Å². The number of nitrogens with zero attached hydrogens (tertiary/aromatic N) is 2. The normalized spacial score (nSPS) is 14.8. The molecule has 0 fully saturated rings. The number of carbonyl (C=O) groups excluding carboxylic acids is 1. The molecule has 1 heterocycles. The molecule has 0 spiro atoms. The monoisotopic (exact) mass is 568 g/mol. The van der Waals surface area contributed by atoms with E-state index in [1.54, 1.807) is 0 Å². The van der Waals surface area contributed by atoms with E-state index < -0.39 is 51.8 Å². The van der Waals surface area contributed by atoms with Gasteiger partial charge in [0.25, 0.3) is 19.9 Å². The van der Waals surface area contributed by atoms with Gasteiger partial charge in [0.15, 0.2) is 11.5 Å². The van der Waals surface area contributed by atoms with E-state index >= 15 is 0 Å². The summed E-state index contributed by atoms with van der Waals surface area (Å²) >= 11 is 0. The minimum atomic E-state index is -5.92. The van der Waals surface area contributed by atoms with Gasteiger partial charge in [-0.1, -0.05) is 41.5 Å². The van der Waals surface area contributed by atoms with Gasteiger partial charge in [0.1, 0.15) is 11.3 Å². The predicted molar refractivity (Wildman–Crippen MR) is 131 cm³/mol. The van der Waals surface area contributed by atoms with Gasteiger partial charge in [-0.15, -0.1) is 0 Å². The van der Waals surface area contributed by atoms with Crippen molar-refractivity contribution in [3.63, 3.8) is 0 Å². The van der Waals surface area contributed by atoms with E-state index in [1.807, 2.05) is 41.5 Å². The van der Waals surface area contributed by atoms with E-state index in [-0.39, 0.29) is 41.1 Å². The molecule has 0 aromatic heterocycles. The summed E-state index contributed by atoms with van der Waals surface area (Å²) in [4.78, 5) is 25.1. The third kappa shape index (κ3) is 6.03. The molecule has 1 aliphatic heterocycles. The van der Waals surface area contributed by atoms with Crippen molar-refractivity contribution >= 4 is 30.0 Å². The van der Waals surface area contributed by atoms with Crippen molar-refractivity contribution in [2.24, 2.45) is 0 Å². The van der Waals surface area contributed by atoms with Gasteiger partial charge in [0, 0.05) is 25.2 Å². The fraction of sp³-hybridized carbons (Fsp3) is 0.591. The number of alkyl halides is 3. The van der Waals surface area contributed by atoms with Crippen LogP contribution in [0.2, 0.25) is 16.6 Å². The summed E-state index contributed by atoms with van der Waals surface area (Å²) in [6.07, 6.45) is 0.443. The first-order valence-corrected chi connectivity index (χ1v) is 15.0. The Hall–Kier alpha value is -2.81. The topological polar surface area (TPSA) is 125 Å². The van der Waals surface area contributed by atoms with Crippen LogP contribution in [0, 0.1) is 10.1 Å². The molecule has 1 aromatic rings. The third-order valence-corrected chi connectivity index (χ3v) is 13.4. The number of benzene rings is 1. The number of hydrogen-bond acceptors (Lipinski definition) is 8. The molecule has 1 aromatic carbocycles. The van der Waals surface area contributed by atoms with Crippen molar-refractivity contribution in [1.82, 2.24) is 4.90 Å². The molecule has 10 nitrogen and oxygen atoms in total. The van der Waals surface area contributed by atoms with Crippen molar-refractivity contribution in [3.05, 3.63) is 39.8 Å². The largest absolute Gasteiger partial charge is 0.540 e. The average Bonchev–Trinajstić information content (AvgIpc) is 3.22. The van der Waals surface area contributed by atoms with Crippen LogP contribution in [0.15, 0.2) is 24.1 Å². The predicted octanol–water partition coefficient (Wildman–Crippen LogP) is 5.71. The molecule has 0 unspecified atom stereocenters. The van der Waals surface area contributed by atoms with Crippen molar-refractivity contribution in [2.75, 3.05) is 13.7 Å². The summed E-state index contributed by atoms with van der Waals surface area (Å²) in [6.45, 7) is 11.9. The standard InChI is InChI=1S/C22H31F3N2O8SSi/c1-13(2)37(14(3)4,15(5)6)35-20-11-18(27(29)30)17(10-19(20)33-7)21(28)26-9-8-16(12-26)34-36(31,32)22(23,24)25/h10-15H,8-9H2,1-7H3. The van der Waals surface area contributed by atoms with Crippen LogP contribution in [0.1, 0.15) is 58.3 Å². The lowest BCUT2D eigenvalue weighted by atomic mass is 10.1. The Kier molecular flexibility index (Phi) is 8.95. The van der Waals surface area contributed by atoms with Gasteiger partial charge in [-0.3, -0.25) is 14.9 Å². The van der Waals surface area contributed by atoms with Gasteiger partial charge in [0.05, 0.1) is 18.1 Å². The molecule has 0 saturated heterocycles. The molecule has 2 rings (SSSR count). The number of carbonyl (C=O) groups is 1. The molecule has 0 N–H and O–H groups in total. The number of halogens is 3. The quantitative estimate of drug-likeness (QED) is 0.116. The summed E-state index contributed by atoms with van der Waals surface area (Å²) in [5, 5.41) is 11.9. The lowest BCUT2D eigenvalue weighted by Crippen LogP contribution is -2.50. The maximum atomic E-state index is 13.1. The Balaban J connectivity index is 2.53. The molecule has 1 aliphatic rings. The summed E-state index contributed by atoms with van der Waals surface area (Å²) < 4.78 is 76.4. The Morgan fingerprint density at radius 1 is 1.08 bits per heavy atom. The minimum absolute atomic E-state index is 0.0760. The smallest absolute Gasteiger partial charge is 0.534 e. The van der Waals surface area contributed by atoms with Crippen LogP contribution in [0.25, 0.3) is 0 Å². The zero-order valence-electron chi connectivity index (χ0n) is 21.6. The van der Waals surface area contributed by atoms with Crippen molar-refractivity contribution in [1.29, 1.82) is 0 Å². The minimum Gasteiger partial charge on any atom is -0.540 e. The van der Waals surface area contributed by atoms with Gasteiger partial charge in [0.2, 0.25) is 0 Å². The van der Waals surface area contributed by atoms with Gasteiger partial charge in [-0.05, 0) is 16.6 Å². The molecular formula is C22H31F3N2O8SSi. The first-order valence-electron chi connectivity index (χ1n) is 11.5. The van der Waals surface area contributed by atoms with Crippen LogP contribution in [0.3, 0.4) is 0 Å². The summed E-state index contributed by atoms with van der Waals surface area (Å²) in [5.41, 5.74) is -6.23. The lowest BCUT2D eigenvalue weighted by molar-refractivity contribution is -0.385. The van der Waals surface area contributed by atoms with Gasteiger partial charge < -0.3 is 18.2 Å². The van der Waals surface area contributed by atoms with Crippen LogP contribution in [-0.4, -0.2) is 51.6 Å². The van der Waals surface area contributed by atoms with Crippen LogP contribution >= 0.6 is 0 Å². The molecular weight excluding hydrogens is 537 g/mol. The zero-order valence-corrected chi connectivity index (χ0v) is 23.4. The Morgan fingerprint density at radius 3 is 2.05 bits per heavy atom. The van der Waals surface area contributed by atoms with Gasteiger partial charge >= 0.3 is 15.6 Å². The van der Waals surface area contributed by atoms with Crippen molar-refractivity contribution in [3.8, 4) is 11.5 Å². The molecule has 0 saturated carbocycles. The Bertz CT molecular complexity index is 1160. The van der Waals surface area contributed by atoms with Gasteiger partial charge in [-0.2, -0.15) is 21.6 Å². The van der Waals surface area contributed by atoms with Crippen LogP contribution in [-0.2, 0) is 14.3 Å². The van der Waals surface area contributed by atoms with Crippen LogP contribution < -0.4 is 9.16 Å². The second-order valence-electron chi connectivity index (χ2n) is 9.52. The fourth-order valence-electron chi connectivity index (χ4n) is 4.75. The molecule has 1 amide bonds. The average molecular weight is 569 g/mol. The summed E-state index contributed by atoms with van der Waals surface area (Å²) in [7, 11) is -7.17. The lowest BCUT2D eigenvalue weighted by Gasteiger charge is -2.42. The number of rotatable bonds is 10. The molecule has 0 bridgehead atoms. The number of ether oxygens (including phenoxy) is 1. The maximum Gasteiger partial charge on any atom is 0.534 e. The van der Waals surface area contributed by atoms with E-state index in [9.17, 15) is 36.5 Å². The summed E-state index contributed by atoms with van der Waals surface area (Å²) in [5.74, 6) is -1.38. The maximum absolute atomic E-state index is 13.1. The summed E-state index contributed by atoms with van der Waals surface area (Å²) in [6, 6.07) is 2.27. The molecule has 37 heavy (non-hydrogen) atoms. The van der Waals surface area contributed by atoms with E-state index in [2.05, 4.69) is 4.18 Å². The van der Waals surface area contributed by atoms with E-state index in [0.29, 0.717) is 0 Å². The molecule has 208 valence electrons. The number of nitro benzene ring substituents is 1. The van der Waals surface area contributed by atoms with Crippen LogP contribution in [0.5, 0.6) is 11.5 Å². The second-order valence-corrected chi connectivity index (χ2v) is 16.4. The SMILES string of the molecule is COc1cc(C(=O)N2C=C(OS(=O)(=O)C(F)(F)F)CC2)c([N+](=O)[O-])cc1O[Si](C(C)C)(C(C)C)C(C)C.